The number of nitrogens with zero attached hydrogens (tertiary/aromatic N) is 2. The molecule has 70 valence electrons. The molecule has 0 amide bonds. The lowest BCUT2D eigenvalue weighted by molar-refractivity contribution is 0.426. The molecule has 1 aromatic heterocycles. The van der Waals surface area contributed by atoms with Crippen LogP contribution in [0.25, 0.3) is 11.0 Å². The van der Waals surface area contributed by atoms with Gasteiger partial charge in [0.15, 0.2) is 5.82 Å². The first-order valence-electron chi connectivity index (χ1n) is 3.95. The molecule has 0 aliphatic carbocycles. The van der Waals surface area contributed by atoms with Gasteiger partial charge in [0.2, 0.25) is 0 Å². The van der Waals surface area contributed by atoms with Gasteiger partial charge in [0.05, 0.1) is 5.52 Å². The SMILES string of the molecule is OB(O)c1ccc(F)c2nccnc12. The molecular weight excluding hydrogens is 186 g/mol. The quantitative estimate of drug-likeness (QED) is 0.594. The highest BCUT2D eigenvalue weighted by Crippen LogP contribution is 2.10. The Kier molecular flexibility index (Phi) is 2.15. The van der Waals surface area contributed by atoms with Crippen LogP contribution in [0.15, 0.2) is 24.5 Å². The van der Waals surface area contributed by atoms with Crippen LogP contribution in [0.4, 0.5) is 4.39 Å². The minimum Gasteiger partial charge on any atom is -0.423 e. The van der Waals surface area contributed by atoms with E-state index in [1.54, 1.807) is 0 Å². The Balaban J connectivity index is 2.82. The van der Waals surface area contributed by atoms with E-state index in [1.165, 1.54) is 18.5 Å². The van der Waals surface area contributed by atoms with Gasteiger partial charge in [-0.3, -0.25) is 4.98 Å². The van der Waals surface area contributed by atoms with E-state index in [2.05, 4.69) is 9.97 Å². The van der Waals surface area contributed by atoms with E-state index in [-0.39, 0.29) is 16.5 Å². The van der Waals surface area contributed by atoms with Gasteiger partial charge >= 0.3 is 7.12 Å². The summed E-state index contributed by atoms with van der Waals surface area (Å²) in [4.78, 5) is 7.60. The monoisotopic (exact) mass is 192 g/mol. The lowest BCUT2D eigenvalue weighted by Crippen LogP contribution is -2.31. The zero-order valence-corrected chi connectivity index (χ0v) is 7.05. The molecule has 0 fully saturated rings. The van der Waals surface area contributed by atoms with Crippen molar-refractivity contribution in [3.63, 3.8) is 0 Å². The van der Waals surface area contributed by atoms with Crippen LogP contribution in [0.1, 0.15) is 0 Å². The maximum Gasteiger partial charge on any atom is 0.490 e. The topological polar surface area (TPSA) is 66.2 Å². The summed E-state index contributed by atoms with van der Waals surface area (Å²) in [6.45, 7) is 0. The van der Waals surface area contributed by atoms with E-state index in [0.29, 0.717) is 0 Å². The third-order valence-corrected chi connectivity index (χ3v) is 1.89. The first kappa shape index (κ1) is 9.05. The summed E-state index contributed by atoms with van der Waals surface area (Å²) in [5.41, 5.74) is 0.357. The number of halogens is 1. The molecule has 14 heavy (non-hydrogen) atoms. The normalized spacial score (nSPS) is 10.5. The van der Waals surface area contributed by atoms with E-state index < -0.39 is 12.9 Å². The number of rotatable bonds is 1. The van der Waals surface area contributed by atoms with Crippen LogP contribution in [0.5, 0.6) is 0 Å². The second-order valence-electron chi connectivity index (χ2n) is 2.76. The third-order valence-electron chi connectivity index (χ3n) is 1.89. The Hall–Kier alpha value is -1.53. The number of fused-ring (bicyclic) bond motifs is 1. The maximum atomic E-state index is 13.2. The van der Waals surface area contributed by atoms with Crippen LogP contribution in [0, 0.1) is 5.82 Å². The van der Waals surface area contributed by atoms with Gasteiger partial charge in [-0.1, -0.05) is 6.07 Å². The van der Waals surface area contributed by atoms with Crippen LogP contribution in [0.2, 0.25) is 0 Å². The van der Waals surface area contributed by atoms with Gasteiger partial charge in [0.1, 0.15) is 5.52 Å². The molecule has 0 aliphatic heterocycles. The standard InChI is InChI=1S/C8H6BFN2O2/c10-6-2-1-5(9(13)14)7-8(6)12-4-3-11-7/h1-4,13-14H. The minimum atomic E-state index is -1.67. The van der Waals surface area contributed by atoms with Gasteiger partial charge < -0.3 is 10.0 Å². The lowest BCUT2D eigenvalue weighted by Gasteiger charge is -2.03. The predicted molar refractivity (Wildman–Crippen MR) is 49.3 cm³/mol. The zero-order chi connectivity index (χ0) is 10.1. The van der Waals surface area contributed by atoms with Crippen molar-refractivity contribution < 1.29 is 14.4 Å². The van der Waals surface area contributed by atoms with Gasteiger partial charge in [-0.2, -0.15) is 0 Å². The van der Waals surface area contributed by atoms with Gasteiger partial charge in [0.25, 0.3) is 0 Å². The van der Waals surface area contributed by atoms with Gasteiger partial charge in [-0.05, 0) is 6.07 Å². The van der Waals surface area contributed by atoms with Gasteiger partial charge in [-0.25, -0.2) is 9.37 Å². The molecule has 0 saturated heterocycles. The summed E-state index contributed by atoms with van der Waals surface area (Å²) in [5, 5.41) is 18.0. The number of hydrogen-bond acceptors (Lipinski definition) is 4. The van der Waals surface area contributed by atoms with Crippen molar-refractivity contribution >= 4 is 23.6 Å². The maximum absolute atomic E-state index is 13.2. The molecule has 0 atom stereocenters. The first-order chi connectivity index (χ1) is 6.70. The fourth-order valence-corrected chi connectivity index (χ4v) is 1.25. The largest absolute Gasteiger partial charge is 0.490 e. The highest BCUT2D eigenvalue weighted by Gasteiger charge is 2.17. The summed E-state index contributed by atoms with van der Waals surface area (Å²) >= 11 is 0. The number of benzene rings is 1. The Morgan fingerprint density at radius 2 is 1.71 bits per heavy atom. The molecular formula is C8H6BFN2O2. The van der Waals surface area contributed by atoms with Crippen molar-refractivity contribution in [3.8, 4) is 0 Å². The molecule has 2 N–H and O–H groups in total. The van der Waals surface area contributed by atoms with Crippen molar-refractivity contribution in [2.45, 2.75) is 0 Å². The fraction of sp³-hybridized carbons (Fsp3) is 0. The van der Waals surface area contributed by atoms with Crippen LogP contribution >= 0.6 is 0 Å². The smallest absolute Gasteiger partial charge is 0.423 e. The lowest BCUT2D eigenvalue weighted by atomic mass is 9.79. The van der Waals surface area contributed by atoms with Gasteiger partial charge in [0, 0.05) is 17.9 Å². The average molecular weight is 192 g/mol. The molecule has 0 aliphatic rings. The average Bonchev–Trinajstić information content (AvgIpc) is 2.18. The molecule has 6 heteroatoms. The van der Waals surface area contributed by atoms with Crippen LogP contribution in [0.3, 0.4) is 0 Å². The summed E-state index contributed by atoms with van der Waals surface area (Å²) in [5.74, 6) is -0.530. The molecule has 1 heterocycles. The molecule has 0 radical (unpaired) electrons. The van der Waals surface area contributed by atoms with Crippen molar-refractivity contribution in [1.29, 1.82) is 0 Å². The zero-order valence-electron chi connectivity index (χ0n) is 7.05. The van der Waals surface area contributed by atoms with E-state index in [4.69, 9.17) is 10.0 Å². The van der Waals surface area contributed by atoms with E-state index in [0.717, 1.165) is 6.07 Å². The second kappa shape index (κ2) is 3.32. The molecule has 0 bridgehead atoms. The van der Waals surface area contributed by atoms with Crippen LogP contribution in [-0.4, -0.2) is 27.1 Å². The van der Waals surface area contributed by atoms with Crippen molar-refractivity contribution in [1.82, 2.24) is 9.97 Å². The molecule has 0 spiro atoms. The second-order valence-corrected chi connectivity index (χ2v) is 2.76. The Morgan fingerprint density at radius 3 is 2.36 bits per heavy atom. The molecule has 2 aromatic rings. The summed E-state index contributed by atoms with van der Waals surface area (Å²) in [6, 6.07) is 2.41. The predicted octanol–water partition coefficient (Wildman–Crippen LogP) is -0.551. The molecule has 2 rings (SSSR count). The highest BCUT2D eigenvalue weighted by atomic mass is 19.1. The number of aromatic nitrogens is 2. The molecule has 0 saturated carbocycles. The van der Waals surface area contributed by atoms with E-state index in [1.807, 2.05) is 0 Å². The Labute approximate surface area is 79.2 Å². The third kappa shape index (κ3) is 1.34. The van der Waals surface area contributed by atoms with Gasteiger partial charge in [-0.15, -0.1) is 0 Å². The number of hydrogen-bond donors (Lipinski definition) is 2. The van der Waals surface area contributed by atoms with E-state index >= 15 is 0 Å². The highest BCUT2D eigenvalue weighted by molar-refractivity contribution is 6.61. The molecule has 1 aromatic carbocycles. The van der Waals surface area contributed by atoms with Crippen molar-refractivity contribution in [3.05, 3.63) is 30.3 Å². The van der Waals surface area contributed by atoms with Crippen LogP contribution < -0.4 is 5.46 Å². The Bertz CT molecular complexity index is 478. The summed E-state index contributed by atoms with van der Waals surface area (Å²) in [7, 11) is -1.67. The fourth-order valence-electron chi connectivity index (χ4n) is 1.25. The molecule has 0 unspecified atom stereocenters. The van der Waals surface area contributed by atoms with Crippen LogP contribution in [-0.2, 0) is 0 Å². The summed E-state index contributed by atoms with van der Waals surface area (Å²) in [6.07, 6.45) is 2.71. The van der Waals surface area contributed by atoms with Crippen molar-refractivity contribution in [2.24, 2.45) is 0 Å². The summed E-state index contributed by atoms with van der Waals surface area (Å²) < 4.78 is 13.2. The van der Waals surface area contributed by atoms with Crippen molar-refractivity contribution in [2.75, 3.05) is 0 Å². The minimum absolute atomic E-state index is 0.0399. The van der Waals surface area contributed by atoms with E-state index in [9.17, 15) is 4.39 Å². The molecule has 4 nitrogen and oxygen atoms in total. The first-order valence-corrected chi connectivity index (χ1v) is 3.95. The Morgan fingerprint density at radius 1 is 1.07 bits per heavy atom.